The van der Waals surface area contributed by atoms with Crippen molar-refractivity contribution in [3.8, 4) is 0 Å². The molecule has 2 aliphatic rings. The number of ketones is 1. The van der Waals surface area contributed by atoms with Crippen LogP contribution in [-0.2, 0) is 14.3 Å². The van der Waals surface area contributed by atoms with Crippen LogP contribution in [0, 0.1) is 5.41 Å². The van der Waals surface area contributed by atoms with Crippen LogP contribution in [0.15, 0.2) is 22.0 Å². The molecule has 3 nitrogen and oxygen atoms in total. The quantitative estimate of drug-likeness (QED) is 0.717. The SMILES string of the molecule is CCOC(=O)C1(CC(=O)C2=CCC=C(C)S2)CC1. The van der Waals surface area contributed by atoms with E-state index in [-0.39, 0.29) is 11.8 Å². The third-order valence-electron chi connectivity index (χ3n) is 3.32. The summed E-state index contributed by atoms with van der Waals surface area (Å²) >= 11 is 1.51. The number of ether oxygens (including phenoxy) is 1. The first-order valence-electron chi connectivity index (χ1n) is 6.32. The lowest BCUT2D eigenvalue weighted by atomic mass is 9.99. The van der Waals surface area contributed by atoms with Gasteiger partial charge in [-0.1, -0.05) is 23.9 Å². The summed E-state index contributed by atoms with van der Waals surface area (Å²) in [5.41, 5.74) is -0.510. The fourth-order valence-electron chi connectivity index (χ4n) is 2.04. The molecule has 1 fully saturated rings. The van der Waals surface area contributed by atoms with Gasteiger partial charge in [-0.05, 0) is 38.0 Å². The van der Waals surface area contributed by atoms with Gasteiger partial charge in [0.05, 0.1) is 16.9 Å². The highest BCUT2D eigenvalue weighted by Crippen LogP contribution is 2.51. The molecule has 0 saturated heterocycles. The summed E-state index contributed by atoms with van der Waals surface area (Å²) in [4.78, 5) is 25.9. The number of carbonyl (C=O) groups excluding carboxylic acids is 2. The lowest BCUT2D eigenvalue weighted by Crippen LogP contribution is -2.23. The zero-order valence-electron chi connectivity index (χ0n) is 10.8. The molecular formula is C14H18O3S. The third kappa shape index (κ3) is 2.86. The van der Waals surface area contributed by atoms with Gasteiger partial charge in [-0.25, -0.2) is 0 Å². The number of hydrogen-bond acceptors (Lipinski definition) is 4. The second-order valence-corrected chi connectivity index (χ2v) is 6.11. The Bertz CT molecular complexity index is 430. The number of allylic oxidation sites excluding steroid dienone is 4. The lowest BCUT2D eigenvalue weighted by Gasteiger charge is -2.15. The maximum absolute atomic E-state index is 12.2. The number of rotatable bonds is 5. The maximum Gasteiger partial charge on any atom is 0.312 e. The van der Waals surface area contributed by atoms with Crippen molar-refractivity contribution in [3.63, 3.8) is 0 Å². The summed E-state index contributed by atoms with van der Waals surface area (Å²) in [6.07, 6.45) is 6.72. The fraction of sp³-hybridized carbons (Fsp3) is 0.571. The number of carbonyl (C=O) groups is 2. The monoisotopic (exact) mass is 266 g/mol. The Hall–Kier alpha value is -1.03. The summed E-state index contributed by atoms with van der Waals surface area (Å²) in [5.74, 6) is -0.120. The molecule has 0 atom stereocenters. The number of Topliss-reactive ketones (excluding diaryl/α,β-unsaturated/α-hetero) is 1. The molecule has 1 aliphatic carbocycles. The fourth-order valence-corrected chi connectivity index (χ4v) is 2.93. The molecule has 2 rings (SSSR count). The van der Waals surface area contributed by atoms with Crippen molar-refractivity contribution in [2.75, 3.05) is 6.61 Å². The van der Waals surface area contributed by atoms with Gasteiger partial charge in [-0.15, -0.1) is 0 Å². The predicted molar refractivity (Wildman–Crippen MR) is 72.0 cm³/mol. The minimum absolute atomic E-state index is 0.0815. The summed E-state index contributed by atoms with van der Waals surface area (Å²) < 4.78 is 5.05. The van der Waals surface area contributed by atoms with Crippen LogP contribution in [0.1, 0.15) is 39.5 Å². The Morgan fingerprint density at radius 2 is 2.11 bits per heavy atom. The number of hydrogen-bond donors (Lipinski definition) is 0. The van der Waals surface area contributed by atoms with Crippen LogP contribution in [0.3, 0.4) is 0 Å². The van der Waals surface area contributed by atoms with E-state index in [9.17, 15) is 9.59 Å². The van der Waals surface area contributed by atoms with Gasteiger partial charge in [-0.2, -0.15) is 0 Å². The molecule has 0 amide bonds. The van der Waals surface area contributed by atoms with Crippen molar-refractivity contribution in [2.24, 2.45) is 5.41 Å². The van der Waals surface area contributed by atoms with Crippen LogP contribution < -0.4 is 0 Å². The first kappa shape index (κ1) is 13.4. The molecule has 1 heterocycles. The molecule has 1 aliphatic heterocycles. The third-order valence-corrected chi connectivity index (χ3v) is 4.42. The number of thioether (sulfide) groups is 1. The van der Waals surface area contributed by atoms with Crippen molar-refractivity contribution in [1.82, 2.24) is 0 Å². The first-order chi connectivity index (χ1) is 8.57. The molecule has 0 spiro atoms. The molecule has 0 aromatic heterocycles. The molecule has 0 N–H and O–H groups in total. The van der Waals surface area contributed by atoms with E-state index in [2.05, 4.69) is 6.08 Å². The van der Waals surface area contributed by atoms with Crippen molar-refractivity contribution in [1.29, 1.82) is 0 Å². The van der Waals surface area contributed by atoms with Gasteiger partial charge in [0, 0.05) is 6.42 Å². The van der Waals surface area contributed by atoms with E-state index >= 15 is 0 Å². The topological polar surface area (TPSA) is 43.4 Å². The second-order valence-electron chi connectivity index (χ2n) is 4.82. The summed E-state index contributed by atoms with van der Waals surface area (Å²) in [6.45, 7) is 4.18. The summed E-state index contributed by atoms with van der Waals surface area (Å²) in [6, 6.07) is 0. The molecule has 18 heavy (non-hydrogen) atoms. The average molecular weight is 266 g/mol. The highest BCUT2D eigenvalue weighted by Gasteiger charge is 2.52. The molecule has 0 unspecified atom stereocenters. The minimum atomic E-state index is -0.510. The van der Waals surface area contributed by atoms with Crippen LogP contribution in [0.4, 0.5) is 0 Å². The van der Waals surface area contributed by atoms with E-state index in [4.69, 9.17) is 4.74 Å². The van der Waals surface area contributed by atoms with E-state index in [0.717, 1.165) is 29.1 Å². The van der Waals surface area contributed by atoms with Gasteiger partial charge < -0.3 is 4.74 Å². The van der Waals surface area contributed by atoms with Crippen molar-refractivity contribution in [2.45, 2.75) is 39.5 Å². The second kappa shape index (κ2) is 5.31. The normalized spacial score (nSPS) is 20.8. The molecule has 0 aromatic rings. The van der Waals surface area contributed by atoms with Crippen molar-refractivity contribution >= 4 is 23.5 Å². The zero-order valence-corrected chi connectivity index (χ0v) is 11.6. The highest BCUT2D eigenvalue weighted by atomic mass is 32.2. The minimum Gasteiger partial charge on any atom is -0.466 e. The Labute approximate surface area is 112 Å². The molecule has 0 bridgehead atoms. The number of esters is 1. The van der Waals surface area contributed by atoms with E-state index in [1.54, 1.807) is 6.92 Å². The van der Waals surface area contributed by atoms with Crippen LogP contribution in [0.25, 0.3) is 0 Å². The average Bonchev–Trinajstić information content (AvgIpc) is 3.10. The molecule has 1 saturated carbocycles. The summed E-state index contributed by atoms with van der Waals surface area (Å²) in [7, 11) is 0. The Balaban J connectivity index is 1.96. The lowest BCUT2D eigenvalue weighted by molar-refractivity contribution is -0.151. The van der Waals surface area contributed by atoms with Gasteiger partial charge in [0.25, 0.3) is 0 Å². The van der Waals surface area contributed by atoms with Gasteiger partial charge >= 0.3 is 5.97 Å². The Morgan fingerprint density at radius 3 is 2.67 bits per heavy atom. The largest absolute Gasteiger partial charge is 0.466 e. The maximum atomic E-state index is 12.2. The van der Waals surface area contributed by atoms with E-state index in [1.165, 1.54) is 11.8 Å². The van der Waals surface area contributed by atoms with E-state index in [1.807, 2.05) is 13.0 Å². The van der Waals surface area contributed by atoms with Crippen LogP contribution in [-0.4, -0.2) is 18.4 Å². The molecule has 98 valence electrons. The van der Waals surface area contributed by atoms with Gasteiger partial charge in [0.2, 0.25) is 0 Å². The first-order valence-corrected chi connectivity index (χ1v) is 7.14. The predicted octanol–water partition coefficient (Wildman–Crippen LogP) is 3.21. The zero-order chi connectivity index (χ0) is 13.2. The van der Waals surface area contributed by atoms with Crippen molar-refractivity contribution in [3.05, 3.63) is 22.0 Å². The van der Waals surface area contributed by atoms with Crippen molar-refractivity contribution < 1.29 is 14.3 Å². The van der Waals surface area contributed by atoms with Gasteiger partial charge in [0.1, 0.15) is 0 Å². The Morgan fingerprint density at radius 1 is 1.39 bits per heavy atom. The smallest absolute Gasteiger partial charge is 0.312 e. The summed E-state index contributed by atoms with van der Waals surface area (Å²) in [5, 5.41) is 0. The highest BCUT2D eigenvalue weighted by molar-refractivity contribution is 8.07. The molecule has 4 heteroatoms. The molecular weight excluding hydrogens is 248 g/mol. The van der Waals surface area contributed by atoms with Crippen LogP contribution in [0.2, 0.25) is 0 Å². The molecule has 0 aromatic carbocycles. The Kier molecular flexibility index (Phi) is 3.95. The molecule has 0 radical (unpaired) electrons. The van der Waals surface area contributed by atoms with E-state index in [0.29, 0.717) is 13.0 Å². The van der Waals surface area contributed by atoms with Gasteiger partial charge in [-0.3, -0.25) is 9.59 Å². The standard InChI is InChI=1S/C14H18O3S/c1-3-17-13(16)14(7-8-14)9-11(15)12-6-4-5-10(2)18-12/h5-6H,3-4,7-9H2,1-2H3. The van der Waals surface area contributed by atoms with Crippen LogP contribution in [0.5, 0.6) is 0 Å². The van der Waals surface area contributed by atoms with Gasteiger partial charge in [0.15, 0.2) is 5.78 Å². The van der Waals surface area contributed by atoms with Crippen LogP contribution >= 0.6 is 11.8 Å². The van der Waals surface area contributed by atoms with E-state index < -0.39 is 5.41 Å².